The van der Waals surface area contributed by atoms with Crippen molar-refractivity contribution >= 4 is 16.8 Å². The fraction of sp³-hybridized carbons (Fsp3) is 0.182. The Bertz CT molecular complexity index is 458. The van der Waals surface area contributed by atoms with Crippen LogP contribution in [0.25, 0.3) is 0 Å². The molecule has 1 atom stereocenters. The molecule has 2 rings (SSSR count). The highest BCUT2D eigenvalue weighted by Crippen LogP contribution is 2.20. The van der Waals surface area contributed by atoms with Crippen LogP contribution < -0.4 is 0 Å². The van der Waals surface area contributed by atoms with Crippen molar-refractivity contribution in [2.24, 2.45) is 0 Å². The Morgan fingerprint density at radius 3 is 2.53 bits per heavy atom. The topological polar surface area (TPSA) is 37.8 Å². The molecule has 0 saturated carbocycles. The van der Waals surface area contributed by atoms with Crippen LogP contribution in [0.3, 0.4) is 0 Å². The molecule has 78 valence electrons. The van der Waals surface area contributed by atoms with E-state index >= 15 is 0 Å². The van der Waals surface area contributed by atoms with E-state index in [1.807, 2.05) is 37.3 Å². The number of nitrogens with zero attached hydrogens (tertiary/aromatic N) is 1. The highest BCUT2D eigenvalue weighted by molar-refractivity contribution is 6.67. The van der Waals surface area contributed by atoms with Gasteiger partial charge in [0.2, 0.25) is 0 Å². The second-order valence-electron chi connectivity index (χ2n) is 3.39. The van der Waals surface area contributed by atoms with Crippen molar-refractivity contribution in [2.45, 2.75) is 13.0 Å². The third-order valence-corrected chi connectivity index (χ3v) is 2.66. The van der Waals surface area contributed by atoms with Gasteiger partial charge in [0.05, 0.1) is 6.04 Å². The molecular formula is C11H11ClN2O. The van der Waals surface area contributed by atoms with Gasteiger partial charge >= 0.3 is 0 Å². The maximum absolute atomic E-state index is 11.0. The molecule has 3 nitrogen and oxygen atoms in total. The lowest BCUT2D eigenvalue weighted by Crippen LogP contribution is -2.21. The third kappa shape index (κ3) is 1.83. The van der Waals surface area contributed by atoms with E-state index in [1.165, 1.54) is 0 Å². The highest BCUT2D eigenvalue weighted by Gasteiger charge is 2.16. The van der Waals surface area contributed by atoms with Gasteiger partial charge in [-0.25, -0.2) is 0 Å². The summed E-state index contributed by atoms with van der Waals surface area (Å²) in [7, 11) is 0. The fourth-order valence-corrected chi connectivity index (χ4v) is 1.70. The van der Waals surface area contributed by atoms with Crippen molar-refractivity contribution in [1.29, 1.82) is 0 Å². The van der Waals surface area contributed by atoms with E-state index in [0.29, 0.717) is 5.69 Å². The lowest BCUT2D eigenvalue weighted by atomic mass is 10.1. The van der Waals surface area contributed by atoms with Gasteiger partial charge in [-0.1, -0.05) is 30.3 Å². The summed E-state index contributed by atoms with van der Waals surface area (Å²) in [5.41, 5.74) is 1.64. The monoisotopic (exact) mass is 222 g/mol. The Hall–Kier alpha value is -1.48. The molecule has 0 bridgehead atoms. The van der Waals surface area contributed by atoms with Crippen molar-refractivity contribution < 1.29 is 4.79 Å². The second kappa shape index (κ2) is 3.95. The minimum atomic E-state index is -0.434. The second-order valence-corrected chi connectivity index (χ2v) is 3.73. The van der Waals surface area contributed by atoms with Gasteiger partial charge in [0.1, 0.15) is 5.69 Å². The zero-order chi connectivity index (χ0) is 10.8. The lowest BCUT2D eigenvalue weighted by molar-refractivity contribution is 0.106. The predicted molar refractivity (Wildman–Crippen MR) is 59.2 cm³/mol. The molecule has 0 aliphatic rings. The van der Waals surface area contributed by atoms with Crippen molar-refractivity contribution in [3.63, 3.8) is 0 Å². The number of rotatable bonds is 3. The van der Waals surface area contributed by atoms with E-state index in [-0.39, 0.29) is 6.04 Å². The minimum absolute atomic E-state index is 0.0916. The van der Waals surface area contributed by atoms with Gasteiger partial charge < -0.3 is 5.10 Å². The minimum Gasteiger partial charge on any atom is -0.303 e. The zero-order valence-electron chi connectivity index (χ0n) is 8.27. The molecule has 0 spiro atoms. The Morgan fingerprint density at radius 2 is 2.07 bits per heavy atom. The molecule has 1 N–H and O–H groups in total. The summed E-state index contributed by atoms with van der Waals surface area (Å²) < 4.78 is 1.75. The van der Waals surface area contributed by atoms with Gasteiger partial charge in [0.15, 0.2) is 0 Å². The smallest absolute Gasteiger partial charge is 0.271 e. The van der Waals surface area contributed by atoms with Crippen molar-refractivity contribution in [3.05, 3.63) is 47.8 Å². The summed E-state index contributed by atoms with van der Waals surface area (Å²) in [4.78, 5) is 11.0. The van der Waals surface area contributed by atoms with Crippen molar-refractivity contribution in [3.8, 4) is 0 Å². The van der Waals surface area contributed by atoms with Crippen LogP contribution in [-0.2, 0) is 0 Å². The summed E-state index contributed by atoms with van der Waals surface area (Å²) in [5.74, 6) is 0. The van der Waals surface area contributed by atoms with Crippen LogP contribution >= 0.6 is 11.6 Å². The van der Waals surface area contributed by atoms with Gasteiger partial charge in [-0.2, -0.15) is 0 Å². The van der Waals surface area contributed by atoms with Crippen molar-refractivity contribution in [2.75, 3.05) is 0 Å². The van der Waals surface area contributed by atoms with Crippen LogP contribution in [0, 0.1) is 0 Å². The summed E-state index contributed by atoms with van der Waals surface area (Å²) in [6.45, 7) is 2.01. The van der Waals surface area contributed by atoms with E-state index < -0.39 is 5.24 Å². The van der Waals surface area contributed by atoms with Gasteiger partial charge in [-0.05, 0) is 24.1 Å². The van der Waals surface area contributed by atoms with Crippen LogP contribution in [0.4, 0.5) is 0 Å². The molecule has 4 heteroatoms. The Labute approximate surface area is 92.6 Å². The first-order valence-electron chi connectivity index (χ1n) is 4.70. The average Bonchev–Trinajstić information content (AvgIpc) is 2.16. The Kier molecular flexibility index (Phi) is 2.64. The van der Waals surface area contributed by atoms with Crippen LogP contribution in [0.5, 0.6) is 0 Å². The number of carbonyl (C=O) groups excluding carboxylic acids is 1. The molecule has 1 heterocycles. The molecule has 1 aromatic carbocycles. The zero-order valence-corrected chi connectivity index (χ0v) is 9.03. The number of H-pyrrole nitrogens is 1. The quantitative estimate of drug-likeness (QED) is 0.797. The van der Waals surface area contributed by atoms with Crippen molar-refractivity contribution in [1.82, 2.24) is 9.78 Å². The summed E-state index contributed by atoms with van der Waals surface area (Å²) >= 11 is 5.42. The standard InChI is InChI=1S/C11H11ClN2O/c1-8(9-5-3-2-4-6-9)14-10(7-13-14)11(12)15/h2-8,13H,1H3. The summed E-state index contributed by atoms with van der Waals surface area (Å²) in [6.07, 6.45) is 1.61. The predicted octanol–water partition coefficient (Wildman–Crippen LogP) is 2.80. The Morgan fingerprint density at radius 1 is 1.40 bits per heavy atom. The number of nitrogens with one attached hydrogen (secondary N) is 1. The highest BCUT2D eigenvalue weighted by atomic mass is 35.5. The van der Waals surface area contributed by atoms with Gasteiger partial charge in [0.25, 0.3) is 5.24 Å². The lowest BCUT2D eigenvalue weighted by Gasteiger charge is -2.22. The first-order valence-corrected chi connectivity index (χ1v) is 5.08. The van der Waals surface area contributed by atoms with Crippen LogP contribution in [0.2, 0.25) is 0 Å². The van der Waals surface area contributed by atoms with E-state index in [9.17, 15) is 4.79 Å². The molecular weight excluding hydrogens is 212 g/mol. The van der Waals surface area contributed by atoms with Gasteiger partial charge in [-0.3, -0.25) is 9.48 Å². The SMILES string of the molecule is CC(c1ccccc1)n1[nH]cc1C(=O)Cl. The maximum atomic E-state index is 11.0. The number of benzene rings is 1. The van der Waals surface area contributed by atoms with Gasteiger partial charge in [0, 0.05) is 6.20 Å². The van der Waals surface area contributed by atoms with E-state index in [1.54, 1.807) is 10.9 Å². The number of carbonyl (C=O) groups is 1. The number of hydrogen-bond acceptors (Lipinski definition) is 1. The summed E-state index contributed by atoms with van der Waals surface area (Å²) in [5, 5.41) is 2.51. The molecule has 2 aromatic rings. The number of aromatic nitrogens is 2. The normalized spacial score (nSPS) is 12.7. The molecule has 0 fully saturated rings. The summed E-state index contributed by atoms with van der Waals surface area (Å²) in [6, 6.07) is 10.0. The molecule has 0 aliphatic heterocycles. The fourth-order valence-electron chi connectivity index (χ4n) is 1.56. The van der Waals surface area contributed by atoms with E-state index in [4.69, 9.17) is 11.6 Å². The maximum Gasteiger partial charge on any atom is 0.271 e. The number of hydrogen-bond donors (Lipinski definition) is 1. The van der Waals surface area contributed by atoms with Crippen LogP contribution in [0.1, 0.15) is 29.0 Å². The first kappa shape index (κ1) is 10.1. The molecule has 1 unspecified atom stereocenters. The average molecular weight is 223 g/mol. The third-order valence-electron chi connectivity index (χ3n) is 2.47. The number of aromatic amines is 1. The molecule has 0 aliphatic carbocycles. The molecule has 0 radical (unpaired) electrons. The molecule has 0 amide bonds. The van der Waals surface area contributed by atoms with Gasteiger partial charge in [-0.15, -0.1) is 0 Å². The number of halogens is 1. The Balaban J connectivity index is 2.27. The van der Waals surface area contributed by atoms with E-state index in [0.717, 1.165) is 5.56 Å². The first-order chi connectivity index (χ1) is 7.20. The van der Waals surface area contributed by atoms with E-state index in [2.05, 4.69) is 5.10 Å². The van der Waals surface area contributed by atoms with Crippen LogP contribution in [-0.4, -0.2) is 15.0 Å². The molecule has 15 heavy (non-hydrogen) atoms. The molecule has 1 aromatic heterocycles. The van der Waals surface area contributed by atoms with Crippen LogP contribution in [0.15, 0.2) is 36.5 Å². The largest absolute Gasteiger partial charge is 0.303 e. The molecule has 0 saturated heterocycles.